The fourth-order valence-electron chi connectivity index (χ4n) is 5.68. The summed E-state index contributed by atoms with van der Waals surface area (Å²) in [5, 5.41) is 5.02. The smallest absolute Gasteiger partial charge is 0.258 e. The van der Waals surface area contributed by atoms with Crippen LogP contribution in [0.15, 0.2) is 30.3 Å². The van der Waals surface area contributed by atoms with Gasteiger partial charge in [0.1, 0.15) is 23.2 Å². The van der Waals surface area contributed by atoms with Gasteiger partial charge in [-0.25, -0.2) is 9.37 Å². The van der Waals surface area contributed by atoms with Gasteiger partial charge in [0.2, 0.25) is 0 Å². The van der Waals surface area contributed by atoms with Gasteiger partial charge in [-0.05, 0) is 57.1 Å². The molecule has 1 amide bonds. The van der Waals surface area contributed by atoms with Crippen LogP contribution < -0.4 is 14.5 Å². The average molecular weight is 493 g/mol. The minimum atomic E-state index is -0.402. The van der Waals surface area contributed by atoms with Crippen molar-refractivity contribution in [1.29, 1.82) is 0 Å². The fourth-order valence-corrected chi connectivity index (χ4v) is 5.68. The number of carbonyl (C=O) groups excluding carboxylic acids is 1. The number of rotatable bonds is 1. The van der Waals surface area contributed by atoms with Crippen molar-refractivity contribution in [1.82, 2.24) is 19.5 Å². The summed E-state index contributed by atoms with van der Waals surface area (Å²) in [4.78, 5) is 25.2. The number of carbonyl (C=O) groups is 1. The monoisotopic (exact) mass is 492 g/mol. The molecule has 8 nitrogen and oxygen atoms in total. The first-order valence-electron chi connectivity index (χ1n) is 13.2. The van der Waals surface area contributed by atoms with Crippen LogP contribution in [-0.2, 0) is 0 Å². The normalized spacial score (nSPS) is 21.2. The Bertz CT molecular complexity index is 1270. The largest absolute Gasteiger partial charge is 0.493 e. The van der Waals surface area contributed by atoms with Crippen LogP contribution in [0.5, 0.6) is 5.75 Å². The Balaban J connectivity index is 1.46. The number of fused-ring (bicyclic) bond motifs is 4. The standard InChI is InChI=1S/C27H33FN6O2/c1-31-11-6-7-15-36-23-16-19(28)9-10-20(23)27(35)33-14-3-2-8-22(33)21-17-25-29-24(32-12-4-5-13-32)18-26(31)34(25)30-21/h9-10,16-18,22H,2-8,11-15H2,1H3/t22-/m0/s1. The molecular formula is C27H33FN6O2. The van der Waals surface area contributed by atoms with E-state index in [-0.39, 0.29) is 11.9 Å². The first-order chi connectivity index (χ1) is 17.6. The Labute approximate surface area is 210 Å². The van der Waals surface area contributed by atoms with Crippen LogP contribution in [0, 0.1) is 5.82 Å². The van der Waals surface area contributed by atoms with Crippen molar-refractivity contribution in [3.05, 3.63) is 47.4 Å². The first kappa shape index (κ1) is 23.1. The third-order valence-corrected chi connectivity index (χ3v) is 7.66. The predicted octanol–water partition coefficient (Wildman–Crippen LogP) is 4.44. The highest BCUT2D eigenvalue weighted by Gasteiger charge is 2.33. The summed E-state index contributed by atoms with van der Waals surface area (Å²) in [7, 11) is 2.09. The first-order valence-corrected chi connectivity index (χ1v) is 13.2. The number of nitrogens with zero attached hydrogens (tertiary/aromatic N) is 6. The molecule has 9 heteroatoms. The molecule has 2 fully saturated rings. The van der Waals surface area contributed by atoms with Gasteiger partial charge in [-0.2, -0.15) is 9.61 Å². The van der Waals surface area contributed by atoms with Gasteiger partial charge in [0.05, 0.1) is 23.9 Å². The summed E-state index contributed by atoms with van der Waals surface area (Å²) in [5.41, 5.74) is 2.07. The number of hydrogen-bond donors (Lipinski definition) is 0. The van der Waals surface area contributed by atoms with Gasteiger partial charge in [-0.3, -0.25) is 4.79 Å². The van der Waals surface area contributed by atoms with E-state index in [1.54, 1.807) is 6.07 Å². The van der Waals surface area contributed by atoms with Gasteiger partial charge in [-0.1, -0.05) is 0 Å². The van der Waals surface area contributed by atoms with Crippen molar-refractivity contribution in [2.75, 3.05) is 49.6 Å². The summed E-state index contributed by atoms with van der Waals surface area (Å²) < 4.78 is 22.0. The quantitative estimate of drug-likeness (QED) is 0.500. The van der Waals surface area contributed by atoms with Gasteiger partial charge >= 0.3 is 0 Å². The minimum Gasteiger partial charge on any atom is -0.493 e. The van der Waals surface area contributed by atoms with Crippen molar-refractivity contribution in [3.63, 3.8) is 0 Å². The molecular weight excluding hydrogens is 459 g/mol. The van der Waals surface area contributed by atoms with E-state index in [4.69, 9.17) is 14.8 Å². The molecule has 0 saturated carbocycles. The van der Waals surface area contributed by atoms with Crippen LogP contribution in [0.3, 0.4) is 0 Å². The Morgan fingerprint density at radius 1 is 0.972 bits per heavy atom. The number of piperidine rings is 1. The van der Waals surface area contributed by atoms with E-state index in [0.29, 0.717) is 24.5 Å². The zero-order valence-corrected chi connectivity index (χ0v) is 20.8. The molecule has 0 N–H and O–H groups in total. The molecule has 5 heterocycles. The highest BCUT2D eigenvalue weighted by molar-refractivity contribution is 5.97. The molecule has 0 radical (unpaired) electrons. The molecule has 36 heavy (non-hydrogen) atoms. The molecule has 2 aromatic heterocycles. The molecule has 3 aromatic rings. The topological polar surface area (TPSA) is 66.2 Å². The minimum absolute atomic E-state index is 0.135. The van der Waals surface area contributed by atoms with Crippen LogP contribution in [0.25, 0.3) is 5.65 Å². The predicted molar refractivity (Wildman–Crippen MR) is 136 cm³/mol. The lowest BCUT2D eigenvalue weighted by molar-refractivity contribution is 0.0601. The Morgan fingerprint density at radius 3 is 2.64 bits per heavy atom. The van der Waals surface area contributed by atoms with Gasteiger partial charge in [0.15, 0.2) is 5.65 Å². The second-order valence-corrected chi connectivity index (χ2v) is 10.1. The number of hydrogen-bond acceptors (Lipinski definition) is 6. The fraction of sp³-hybridized carbons (Fsp3) is 0.519. The lowest BCUT2D eigenvalue weighted by Gasteiger charge is -2.35. The van der Waals surface area contributed by atoms with Crippen LogP contribution in [0.1, 0.15) is 67.0 Å². The van der Waals surface area contributed by atoms with E-state index in [0.717, 1.165) is 74.7 Å². The van der Waals surface area contributed by atoms with E-state index in [2.05, 4.69) is 22.9 Å². The zero-order valence-electron chi connectivity index (χ0n) is 20.8. The number of benzene rings is 1. The maximum atomic E-state index is 14.1. The molecule has 1 atom stereocenters. The van der Waals surface area contributed by atoms with Crippen molar-refractivity contribution >= 4 is 23.2 Å². The van der Waals surface area contributed by atoms with Crippen LogP contribution in [0.4, 0.5) is 16.0 Å². The number of aromatic nitrogens is 3. The van der Waals surface area contributed by atoms with E-state index in [1.165, 1.54) is 25.0 Å². The van der Waals surface area contributed by atoms with E-state index < -0.39 is 5.82 Å². The SMILES string of the molecule is CN1CCCCOc2cc(F)ccc2C(=O)N2CCCC[C@H]2c2cc3nc(N4CCCC4)cc1n3n2. The van der Waals surface area contributed by atoms with Gasteiger partial charge in [0.25, 0.3) is 5.91 Å². The van der Waals surface area contributed by atoms with Gasteiger partial charge in [-0.15, -0.1) is 0 Å². The maximum absolute atomic E-state index is 14.1. The van der Waals surface area contributed by atoms with Crippen molar-refractivity contribution in [3.8, 4) is 5.75 Å². The summed E-state index contributed by atoms with van der Waals surface area (Å²) in [5.74, 6) is 1.78. The molecule has 0 spiro atoms. The Kier molecular flexibility index (Phi) is 6.15. The Morgan fingerprint density at radius 2 is 1.78 bits per heavy atom. The summed E-state index contributed by atoms with van der Waals surface area (Å²) in [6.45, 7) is 3.93. The molecule has 190 valence electrons. The van der Waals surface area contributed by atoms with Gasteiger partial charge < -0.3 is 19.4 Å². The van der Waals surface area contributed by atoms with E-state index >= 15 is 0 Å². The number of amides is 1. The van der Waals surface area contributed by atoms with Crippen molar-refractivity contribution < 1.29 is 13.9 Å². The summed E-state index contributed by atoms with van der Waals surface area (Å²) in [6, 6.07) is 8.24. The highest BCUT2D eigenvalue weighted by Crippen LogP contribution is 2.35. The number of halogens is 1. The lowest BCUT2D eigenvalue weighted by atomic mass is 9.98. The average Bonchev–Trinajstić information content (AvgIpc) is 3.57. The number of anilines is 2. The van der Waals surface area contributed by atoms with Crippen LogP contribution in [0.2, 0.25) is 0 Å². The number of ether oxygens (including phenoxy) is 1. The highest BCUT2D eigenvalue weighted by atomic mass is 19.1. The molecule has 0 unspecified atom stereocenters. The zero-order chi connectivity index (χ0) is 24.6. The lowest BCUT2D eigenvalue weighted by Crippen LogP contribution is -2.39. The molecule has 1 aromatic carbocycles. The second kappa shape index (κ2) is 9.59. The molecule has 0 aliphatic carbocycles. The maximum Gasteiger partial charge on any atom is 0.258 e. The summed E-state index contributed by atoms with van der Waals surface area (Å²) in [6.07, 6.45) is 6.84. The van der Waals surface area contributed by atoms with Crippen LogP contribution >= 0.6 is 0 Å². The van der Waals surface area contributed by atoms with E-state index in [9.17, 15) is 9.18 Å². The van der Waals surface area contributed by atoms with E-state index in [1.807, 2.05) is 15.5 Å². The summed E-state index contributed by atoms with van der Waals surface area (Å²) >= 11 is 0. The van der Waals surface area contributed by atoms with Crippen molar-refractivity contribution in [2.24, 2.45) is 0 Å². The molecule has 6 rings (SSSR count). The second-order valence-electron chi connectivity index (χ2n) is 10.1. The van der Waals surface area contributed by atoms with Crippen LogP contribution in [-0.4, -0.2) is 65.2 Å². The molecule has 3 aliphatic heterocycles. The third-order valence-electron chi connectivity index (χ3n) is 7.66. The third kappa shape index (κ3) is 4.24. The molecule has 3 aliphatic rings. The molecule has 2 saturated heterocycles. The Hall–Kier alpha value is -3.36. The van der Waals surface area contributed by atoms with Gasteiger partial charge in [0, 0.05) is 51.4 Å². The van der Waals surface area contributed by atoms with Crippen molar-refractivity contribution in [2.45, 2.75) is 51.0 Å². The molecule has 2 bridgehead atoms.